The average molecular weight is 219 g/mol. The van der Waals surface area contributed by atoms with Crippen LogP contribution in [0.25, 0.3) is 0 Å². The summed E-state index contributed by atoms with van der Waals surface area (Å²) < 4.78 is 5.25. The minimum atomic E-state index is -0.553. The number of rotatable bonds is 2. The van der Waals surface area contributed by atoms with E-state index in [0.717, 1.165) is 32.8 Å². The van der Waals surface area contributed by atoms with Gasteiger partial charge in [-0.2, -0.15) is 11.8 Å². The molecule has 3 atom stereocenters. The van der Waals surface area contributed by atoms with Crippen molar-refractivity contribution < 1.29 is 14.9 Å². The van der Waals surface area contributed by atoms with Gasteiger partial charge in [-0.1, -0.05) is 0 Å². The largest absolute Gasteiger partial charge is 0.390 e. The number of ether oxygens (including phenoxy) is 1. The van der Waals surface area contributed by atoms with E-state index in [1.54, 1.807) is 11.8 Å². The van der Waals surface area contributed by atoms with Gasteiger partial charge in [0.25, 0.3) is 0 Å². The molecule has 0 aliphatic carbocycles. The number of hydrogen-bond acceptors (Lipinski definition) is 5. The van der Waals surface area contributed by atoms with Crippen molar-refractivity contribution in [2.45, 2.75) is 17.5 Å². The summed E-state index contributed by atoms with van der Waals surface area (Å²) in [6, 6.07) is 0. The van der Waals surface area contributed by atoms with Gasteiger partial charge < -0.3 is 14.9 Å². The minimum absolute atomic E-state index is 0.170. The number of hydrogen-bond donors (Lipinski definition) is 2. The Morgan fingerprint density at radius 3 is 2.57 bits per heavy atom. The molecule has 2 aliphatic heterocycles. The van der Waals surface area contributed by atoms with Gasteiger partial charge in [-0.15, -0.1) is 0 Å². The van der Waals surface area contributed by atoms with Crippen LogP contribution in [0.15, 0.2) is 0 Å². The van der Waals surface area contributed by atoms with E-state index in [1.807, 2.05) is 0 Å². The first-order valence-electron chi connectivity index (χ1n) is 5.05. The van der Waals surface area contributed by atoms with Crippen molar-refractivity contribution in [2.75, 3.05) is 38.6 Å². The number of nitrogens with zero attached hydrogens (tertiary/aromatic N) is 1. The molecule has 0 saturated carbocycles. The zero-order valence-electron chi connectivity index (χ0n) is 8.13. The van der Waals surface area contributed by atoms with E-state index < -0.39 is 12.2 Å². The molecule has 0 aromatic carbocycles. The van der Waals surface area contributed by atoms with Crippen molar-refractivity contribution in [2.24, 2.45) is 0 Å². The standard InChI is InChI=1S/C9H17NO3S/c11-7-6-14-8(9(7)12)5-10-1-3-13-4-2-10/h7-9,11-12H,1-6H2. The highest BCUT2D eigenvalue weighted by molar-refractivity contribution is 8.00. The predicted octanol–water partition coefficient (Wildman–Crippen LogP) is -0.844. The summed E-state index contributed by atoms with van der Waals surface area (Å²) in [4.78, 5) is 2.29. The first-order chi connectivity index (χ1) is 6.77. The van der Waals surface area contributed by atoms with Crippen molar-refractivity contribution in [3.8, 4) is 0 Å². The normalized spacial score (nSPS) is 40.3. The fraction of sp³-hybridized carbons (Fsp3) is 1.00. The van der Waals surface area contributed by atoms with Crippen molar-refractivity contribution in [1.29, 1.82) is 0 Å². The van der Waals surface area contributed by atoms with Gasteiger partial charge in [-0.25, -0.2) is 0 Å². The molecule has 4 nitrogen and oxygen atoms in total. The Labute approximate surface area is 88.2 Å². The van der Waals surface area contributed by atoms with E-state index in [1.165, 1.54) is 0 Å². The van der Waals surface area contributed by atoms with E-state index in [2.05, 4.69) is 4.90 Å². The molecule has 0 amide bonds. The van der Waals surface area contributed by atoms with Crippen molar-refractivity contribution in [3.63, 3.8) is 0 Å². The maximum atomic E-state index is 9.66. The average Bonchev–Trinajstić information content (AvgIpc) is 2.52. The Kier molecular flexibility index (Phi) is 3.67. The molecule has 82 valence electrons. The number of thioether (sulfide) groups is 1. The van der Waals surface area contributed by atoms with E-state index >= 15 is 0 Å². The number of aliphatic hydroxyl groups is 2. The van der Waals surface area contributed by atoms with Crippen LogP contribution in [0.4, 0.5) is 0 Å². The molecule has 0 bridgehead atoms. The van der Waals surface area contributed by atoms with Crippen LogP contribution in [0.2, 0.25) is 0 Å². The molecule has 3 unspecified atom stereocenters. The van der Waals surface area contributed by atoms with Gasteiger partial charge in [0.2, 0.25) is 0 Å². The first-order valence-corrected chi connectivity index (χ1v) is 6.10. The highest BCUT2D eigenvalue weighted by Gasteiger charge is 2.35. The van der Waals surface area contributed by atoms with Crippen LogP contribution in [0.3, 0.4) is 0 Å². The van der Waals surface area contributed by atoms with Crippen LogP contribution < -0.4 is 0 Å². The molecule has 2 fully saturated rings. The zero-order chi connectivity index (χ0) is 9.97. The SMILES string of the molecule is OC1CSC(CN2CCOCC2)C1O. The molecule has 2 aliphatic rings. The molecule has 2 N–H and O–H groups in total. The van der Waals surface area contributed by atoms with Gasteiger partial charge in [0, 0.05) is 30.6 Å². The maximum absolute atomic E-state index is 9.66. The Morgan fingerprint density at radius 2 is 2.00 bits per heavy atom. The molecule has 0 radical (unpaired) electrons. The molecule has 2 rings (SSSR count). The van der Waals surface area contributed by atoms with Gasteiger partial charge in [0.1, 0.15) is 0 Å². The molecular formula is C9H17NO3S. The van der Waals surface area contributed by atoms with Crippen LogP contribution in [0.5, 0.6) is 0 Å². The summed E-state index contributed by atoms with van der Waals surface area (Å²) in [5.41, 5.74) is 0. The van der Waals surface area contributed by atoms with E-state index in [4.69, 9.17) is 4.74 Å². The van der Waals surface area contributed by atoms with E-state index in [-0.39, 0.29) is 5.25 Å². The highest BCUT2D eigenvalue weighted by atomic mass is 32.2. The fourth-order valence-electron chi connectivity index (χ4n) is 1.87. The van der Waals surface area contributed by atoms with Crippen molar-refractivity contribution in [1.82, 2.24) is 4.90 Å². The molecule has 2 saturated heterocycles. The lowest BCUT2D eigenvalue weighted by atomic mass is 10.1. The van der Waals surface area contributed by atoms with Gasteiger partial charge in [0.05, 0.1) is 25.4 Å². The van der Waals surface area contributed by atoms with Gasteiger partial charge >= 0.3 is 0 Å². The lowest BCUT2D eigenvalue weighted by Crippen LogP contribution is -2.43. The third-order valence-electron chi connectivity index (χ3n) is 2.80. The Balaban J connectivity index is 1.79. The molecule has 0 aromatic rings. The molecule has 5 heteroatoms. The fourth-order valence-corrected chi connectivity index (χ4v) is 3.20. The third-order valence-corrected chi connectivity index (χ3v) is 4.19. The third kappa shape index (κ3) is 2.41. The van der Waals surface area contributed by atoms with Gasteiger partial charge in [-0.3, -0.25) is 4.90 Å². The summed E-state index contributed by atoms with van der Waals surface area (Å²) in [7, 11) is 0. The maximum Gasteiger partial charge on any atom is 0.0937 e. The topological polar surface area (TPSA) is 52.9 Å². The monoisotopic (exact) mass is 219 g/mol. The summed E-state index contributed by atoms with van der Waals surface area (Å²) in [5.74, 6) is 0.663. The Hall–Kier alpha value is 0.190. The van der Waals surface area contributed by atoms with Crippen LogP contribution in [-0.4, -0.2) is 71.2 Å². The van der Waals surface area contributed by atoms with Crippen LogP contribution >= 0.6 is 11.8 Å². The zero-order valence-corrected chi connectivity index (χ0v) is 8.95. The summed E-state index contributed by atoms with van der Waals surface area (Å²) in [6.45, 7) is 4.33. The lowest BCUT2D eigenvalue weighted by Gasteiger charge is -2.29. The quantitative estimate of drug-likeness (QED) is 0.634. The number of aliphatic hydroxyl groups excluding tert-OH is 2. The summed E-state index contributed by atoms with van der Waals surface area (Å²) in [5, 5.41) is 19.2. The smallest absolute Gasteiger partial charge is 0.0937 e. The van der Waals surface area contributed by atoms with Gasteiger partial charge in [-0.05, 0) is 0 Å². The molecule has 2 heterocycles. The second kappa shape index (κ2) is 4.81. The molecular weight excluding hydrogens is 202 g/mol. The highest BCUT2D eigenvalue weighted by Crippen LogP contribution is 2.28. The summed E-state index contributed by atoms with van der Waals surface area (Å²) in [6.07, 6.45) is -1.09. The van der Waals surface area contributed by atoms with E-state index in [0.29, 0.717) is 5.75 Å². The van der Waals surface area contributed by atoms with Crippen LogP contribution in [0, 0.1) is 0 Å². The molecule has 0 spiro atoms. The number of morpholine rings is 1. The Morgan fingerprint density at radius 1 is 1.29 bits per heavy atom. The van der Waals surface area contributed by atoms with Crippen LogP contribution in [-0.2, 0) is 4.74 Å². The molecule has 14 heavy (non-hydrogen) atoms. The van der Waals surface area contributed by atoms with Crippen molar-refractivity contribution >= 4 is 11.8 Å². The van der Waals surface area contributed by atoms with E-state index in [9.17, 15) is 10.2 Å². The summed E-state index contributed by atoms with van der Waals surface area (Å²) >= 11 is 1.67. The second-order valence-electron chi connectivity index (χ2n) is 3.84. The first kappa shape index (κ1) is 10.7. The van der Waals surface area contributed by atoms with Gasteiger partial charge in [0.15, 0.2) is 0 Å². The predicted molar refractivity (Wildman–Crippen MR) is 55.5 cm³/mol. The minimum Gasteiger partial charge on any atom is -0.390 e. The van der Waals surface area contributed by atoms with Crippen LogP contribution in [0.1, 0.15) is 0 Å². The van der Waals surface area contributed by atoms with Crippen molar-refractivity contribution in [3.05, 3.63) is 0 Å². The Bertz CT molecular complexity index is 187. The molecule has 0 aromatic heterocycles. The lowest BCUT2D eigenvalue weighted by molar-refractivity contribution is 0.0136. The second-order valence-corrected chi connectivity index (χ2v) is 5.11.